The van der Waals surface area contributed by atoms with Gasteiger partial charge in [0.1, 0.15) is 6.61 Å². The van der Waals surface area contributed by atoms with E-state index in [1.807, 2.05) is 13.8 Å². The van der Waals surface area contributed by atoms with E-state index in [0.29, 0.717) is 6.61 Å². The zero-order valence-electron chi connectivity index (χ0n) is 10.3. The largest absolute Gasteiger partial charge is 0.385 e. The topological polar surface area (TPSA) is 59.6 Å². The number of hydrogen-bond acceptors (Lipinski definition) is 4. The number of amides is 1. The van der Waals surface area contributed by atoms with Gasteiger partial charge in [-0.3, -0.25) is 4.79 Å². The molecule has 5 nitrogen and oxygen atoms in total. The number of rotatable bonds is 7. The molecule has 0 saturated carbocycles. The molecule has 1 aliphatic rings. The first-order valence-electron chi connectivity index (χ1n) is 5.69. The first-order chi connectivity index (χ1) is 7.56. The molecule has 1 heterocycles. The maximum Gasteiger partial charge on any atom is 0.246 e. The lowest BCUT2D eigenvalue weighted by molar-refractivity contribution is -0.136. The summed E-state index contributed by atoms with van der Waals surface area (Å²) in [5.74, 6) is -0.0586. The Kier molecular flexibility index (Phi) is 5.18. The molecule has 5 heteroatoms. The van der Waals surface area contributed by atoms with Gasteiger partial charge in [-0.1, -0.05) is 0 Å². The SMILES string of the molecule is COCCC(C)NC(=O)COC1(C)CNC1. The highest BCUT2D eigenvalue weighted by molar-refractivity contribution is 5.77. The minimum atomic E-state index is -0.160. The summed E-state index contributed by atoms with van der Waals surface area (Å²) in [4.78, 5) is 11.5. The van der Waals surface area contributed by atoms with Gasteiger partial charge in [0.2, 0.25) is 5.91 Å². The molecule has 1 fully saturated rings. The van der Waals surface area contributed by atoms with Gasteiger partial charge >= 0.3 is 0 Å². The van der Waals surface area contributed by atoms with Crippen LogP contribution in [0.25, 0.3) is 0 Å². The summed E-state index contributed by atoms with van der Waals surface area (Å²) in [6.45, 7) is 6.40. The molecule has 2 N–H and O–H groups in total. The average molecular weight is 230 g/mol. The van der Waals surface area contributed by atoms with Crippen LogP contribution in [-0.2, 0) is 14.3 Å². The third-order valence-electron chi connectivity index (χ3n) is 2.71. The molecule has 0 aromatic rings. The van der Waals surface area contributed by atoms with Crippen LogP contribution in [0.2, 0.25) is 0 Å². The van der Waals surface area contributed by atoms with E-state index >= 15 is 0 Å². The minimum absolute atomic E-state index is 0.0586. The molecule has 0 bridgehead atoms. The van der Waals surface area contributed by atoms with Crippen LogP contribution in [0.15, 0.2) is 0 Å². The zero-order valence-corrected chi connectivity index (χ0v) is 10.3. The Morgan fingerprint density at radius 1 is 1.56 bits per heavy atom. The summed E-state index contributed by atoms with van der Waals surface area (Å²) in [5.41, 5.74) is -0.160. The van der Waals surface area contributed by atoms with Gasteiger partial charge in [0, 0.05) is 32.8 Å². The molecule has 1 aliphatic heterocycles. The van der Waals surface area contributed by atoms with Crippen molar-refractivity contribution in [2.24, 2.45) is 0 Å². The van der Waals surface area contributed by atoms with Gasteiger partial charge in [-0.25, -0.2) is 0 Å². The second-order valence-electron chi connectivity index (χ2n) is 4.59. The number of hydrogen-bond donors (Lipinski definition) is 2. The molecule has 1 amide bonds. The fraction of sp³-hybridized carbons (Fsp3) is 0.909. The van der Waals surface area contributed by atoms with Crippen LogP contribution in [0.4, 0.5) is 0 Å². The van der Waals surface area contributed by atoms with Crippen LogP contribution in [0.1, 0.15) is 20.3 Å². The number of carbonyl (C=O) groups is 1. The Morgan fingerprint density at radius 3 is 2.75 bits per heavy atom. The fourth-order valence-corrected chi connectivity index (χ4v) is 1.50. The van der Waals surface area contributed by atoms with Crippen molar-refractivity contribution in [3.63, 3.8) is 0 Å². The maximum absolute atomic E-state index is 11.5. The normalized spacial score (nSPS) is 19.9. The van der Waals surface area contributed by atoms with Crippen molar-refractivity contribution in [3.05, 3.63) is 0 Å². The standard InChI is InChI=1S/C11H22N2O3/c1-9(4-5-15-3)13-10(14)6-16-11(2)7-12-8-11/h9,12H,4-8H2,1-3H3,(H,13,14). The second kappa shape index (κ2) is 6.18. The number of methoxy groups -OCH3 is 1. The van der Waals surface area contributed by atoms with Gasteiger partial charge in [-0.2, -0.15) is 0 Å². The van der Waals surface area contributed by atoms with Crippen molar-refractivity contribution in [2.75, 3.05) is 33.4 Å². The van der Waals surface area contributed by atoms with Crippen molar-refractivity contribution in [1.82, 2.24) is 10.6 Å². The summed E-state index contributed by atoms with van der Waals surface area (Å²) in [7, 11) is 1.65. The highest BCUT2D eigenvalue weighted by Crippen LogP contribution is 2.14. The minimum Gasteiger partial charge on any atom is -0.385 e. The number of ether oxygens (including phenoxy) is 2. The molecule has 0 aliphatic carbocycles. The van der Waals surface area contributed by atoms with E-state index in [2.05, 4.69) is 10.6 Å². The van der Waals surface area contributed by atoms with Crippen molar-refractivity contribution < 1.29 is 14.3 Å². The lowest BCUT2D eigenvalue weighted by Gasteiger charge is -2.38. The van der Waals surface area contributed by atoms with Gasteiger partial charge in [0.25, 0.3) is 0 Å². The van der Waals surface area contributed by atoms with Crippen LogP contribution in [0.5, 0.6) is 0 Å². The predicted octanol–water partition coefficient (Wildman–Crippen LogP) is -0.0939. The molecule has 0 radical (unpaired) electrons. The van der Waals surface area contributed by atoms with Crippen LogP contribution in [0.3, 0.4) is 0 Å². The van der Waals surface area contributed by atoms with Crippen molar-refractivity contribution in [2.45, 2.75) is 31.9 Å². The Bertz CT molecular complexity index is 229. The van der Waals surface area contributed by atoms with E-state index in [0.717, 1.165) is 19.5 Å². The lowest BCUT2D eigenvalue weighted by atomic mass is 10.0. The molecule has 1 saturated heterocycles. The first kappa shape index (κ1) is 13.4. The van der Waals surface area contributed by atoms with Gasteiger partial charge in [0.05, 0.1) is 5.60 Å². The van der Waals surface area contributed by atoms with Crippen molar-refractivity contribution in [1.29, 1.82) is 0 Å². The summed E-state index contributed by atoms with van der Waals surface area (Å²) >= 11 is 0. The van der Waals surface area contributed by atoms with Gasteiger partial charge in [-0.15, -0.1) is 0 Å². The molecule has 1 atom stereocenters. The summed E-state index contributed by atoms with van der Waals surface area (Å²) in [6.07, 6.45) is 0.820. The van der Waals surface area contributed by atoms with Gasteiger partial charge in [-0.05, 0) is 20.3 Å². The summed E-state index contributed by atoms with van der Waals surface area (Å²) in [5, 5.41) is 5.99. The highest BCUT2D eigenvalue weighted by Gasteiger charge is 2.33. The highest BCUT2D eigenvalue weighted by atomic mass is 16.5. The Balaban J connectivity index is 2.10. The Morgan fingerprint density at radius 2 is 2.25 bits per heavy atom. The van der Waals surface area contributed by atoms with E-state index in [9.17, 15) is 4.79 Å². The van der Waals surface area contributed by atoms with Crippen LogP contribution in [0, 0.1) is 0 Å². The van der Waals surface area contributed by atoms with E-state index in [1.54, 1.807) is 7.11 Å². The van der Waals surface area contributed by atoms with Crippen LogP contribution < -0.4 is 10.6 Å². The summed E-state index contributed by atoms with van der Waals surface area (Å²) < 4.78 is 10.5. The quantitative estimate of drug-likeness (QED) is 0.641. The summed E-state index contributed by atoms with van der Waals surface area (Å²) in [6, 6.07) is 0.128. The number of carbonyl (C=O) groups excluding carboxylic acids is 1. The predicted molar refractivity (Wildman–Crippen MR) is 61.3 cm³/mol. The molecule has 1 unspecified atom stereocenters. The molecule has 1 rings (SSSR count). The average Bonchev–Trinajstić information content (AvgIpc) is 2.21. The smallest absolute Gasteiger partial charge is 0.246 e. The second-order valence-corrected chi connectivity index (χ2v) is 4.59. The molecule has 0 aromatic heterocycles. The van der Waals surface area contributed by atoms with Gasteiger partial charge < -0.3 is 20.1 Å². The Labute approximate surface area is 96.9 Å². The third-order valence-corrected chi connectivity index (χ3v) is 2.71. The van der Waals surface area contributed by atoms with Gasteiger partial charge in [0.15, 0.2) is 0 Å². The van der Waals surface area contributed by atoms with Crippen LogP contribution >= 0.6 is 0 Å². The van der Waals surface area contributed by atoms with Crippen molar-refractivity contribution >= 4 is 5.91 Å². The van der Waals surface area contributed by atoms with E-state index in [-0.39, 0.29) is 24.2 Å². The maximum atomic E-state index is 11.5. The molecule has 94 valence electrons. The monoisotopic (exact) mass is 230 g/mol. The van der Waals surface area contributed by atoms with E-state index in [4.69, 9.17) is 9.47 Å². The molecule has 0 spiro atoms. The fourth-order valence-electron chi connectivity index (χ4n) is 1.50. The molecule has 0 aromatic carbocycles. The zero-order chi connectivity index (χ0) is 12.0. The third kappa shape index (κ3) is 4.47. The molecule has 16 heavy (non-hydrogen) atoms. The van der Waals surface area contributed by atoms with Crippen molar-refractivity contribution in [3.8, 4) is 0 Å². The lowest BCUT2D eigenvalue weighted by Crippen LogP contribution is -2.59. The first-order valence-corrected chi connectivity index (χ1v) is 5.69. The van der Waals surface area contributed by atoms with Crippen LogP contribution in [-0.4, -0.2) is 51.0 Å². The van der Waals surface area contributed by atoms with E-state index in [1.165, 1.54) is 0 Å². The molecular formula is C11H22N2O3. The Hall–Kier alpha value is -0.650. The molecular weight excluding hydrogens is 208 g/mol. The number of nitrogens with one attached hydrogen (secondary N) is 2. The van der Waals surface area contributed by atoms with E-state index < -0.39 is 0 Å².